The molecule has 0 aliphatic carbocycles. The van der Waals surface area contributed by atoms with Crippen LogP contribution in [0.4, 0.5) is 10.1 Å². The van der Waals surface area contributed by atoms with Crippen molar-refractivity contribution in [3.05, 3.63) is 58.4 Å². The first-order chi connectivity index (χ1) is 14.3. The van der Waals surface area contributed by atoms with E-state index >= 15 is 0 Å². The zero-order chi connectivity index (χ0) is 21.7. The van der Waals surface area contributed by atoms with Gasteiger partial charge >= 0.3 is 0 Å². The molecule has 0 spiro atoms. The van der Waals surface area contributed by atoms with Crippen LogP contribution in [0.15, 0.2) is 41.4 Å². The molecule has 0 atom stereocenters. The summed E-state index contributed by atoms with van der Waals surface area (Å²) in [5, 5.41) is 5.73. The molecule has 0 radical (unpaired) electrons. The number of hydrogen-bond acceptors (Lipinski definition) is 3. The molecular formula is C23H29FN4O2. The van der Waals surface area contributed by atoms with Crippen LogP contribution in [0.2, 0.25) is 0 Å². The highest BCUT2D eigenvalue weighted by Gasteiger charge is 2.17. The van der Waals surface area contributed by atoms with Crippen LogP contribution in [0, 0.1) is 13.8 Å². The third-order valence-electron chi connectivity index (χ3n) is 5.38. The molecule has 0 bridgehead atoms. The first-order valence-electron chi connectivity index (χ1n) is 10.3. The van der Waals surface area contributed by atoms with Crippen LogP contribution in [0.3, 0.4) is 0 Å². The van der Waals surface area contributed by atoms with Gasteiger partial charge in [-0.25, -0.2) is 4.39 Å². The maximum atomic E-state index is 13.8. The fraction of sp³-hybridized carbons (Fsp3) is 0.391. The van der Waals surface area contributed by atoms with Gasteiger partial charge in [-0.1, -0.05) is 0 Å². The fourth-order valence-corrected chi connectivity index (χ4v) is 3.64. The van der Waals surface area contributed by atoms with Gasteiger partial charge < -0.3 is 20.5 Å². The van der Waals surface area contributed by atoms with E-state index in [9.17, 15) is 14.0 Å². The highest BCUT2D eigenvalue weighted by atomic mass is 19.1. The summed E-state index contributed by atoms with van der Waals surface area (Å²) in [6.45, 7) is 8.35. The minimum atomic E-state index is -0.443. The lowest BCUT2D eigenvalue weighted by Gasteiger charge is -2.14. The number of nitrogens with zero attached hydrogens (tertiary/aromatic N) is 1. The lowest BCUT2D eigenvalue weighted by atomic mass is 10.1. The number of rotatable bonds is 5. The molecule has 0 unspecified atom stereocenters. The molecule has 1 aromatic rings. The summed E-state index contributed by atoms with van der Waals surface area (Å²) in [6, 6.07) is 0. The molecule has 2 aliphatic heterocycles. The molecule has 3 heterocycles. The Morgan fingerprint density at radius 3 is 2.67 bits per heavy atom. The number of aryl methyl sites for hydroxylation is 1. The normalized spacial score (nSPS) is 23.6. The van der Waals surface area contributed by atoms with Gasteiger partial charge in [-0.15, -0.1) is 0 Å². The second kappa shape index (κ2) is 9.71. The molecular weight excluding hydrogens is 383 g/mol. The monoisotopic (exact) mass is 412 g/mol. The summed E-state index contributed by atoms with van der Waals surface area (Å²) >= 11 is 0. The summed E-state index contributed by atoms with van der Waals surface area (Å²) in [4.78, 5) is 30.5. The van der Waals surface area contributed by atoms with Crippen LogP contribution in [0.25, 0.3) is 6.08 Å². The highest BCUT2D eigenvalue weighted by molar-refractivity contribution is 6.02. The fourth-order valence-electron chi connectivity index (χ4n) is 3.64. The molecule has 3 N–H and O–H groups in total. The molecule has 0 saturated carbocycles. The van der Waals surface area contributed by atoms with E-state index in [1.807, 2.05) is 13.8 Å². The summed E-state index contributed by atoms with van der Waals surface area (Å²) in [5.41, 5.74) is 3.92. The average molecular weight is 413 g/mol. The molecule has 6 nitrogen and oxygen atoms in total. The molecule has 160 valence electrons. The Balaban J connectivity index is 1.76. The van der Waals surface area contributed by atoms with E-state index in [0.29, 0.717) is 23.4 Å². The van der Waals surface area contributed by atoms with Crippen LogP contribution in [0.1, 0.15) is 43.1 Å². The first-order valence-corrected chi connectivity index (χ1v) is 10.3. The van der Waals surface area contributed by atoms with Gasteiger partial charge in [-0.05, 0) is 82.6 Å². The number of allylic oxidation sites excluding steroid dienone is 5. The van der Waals surface area contributed by atoms with Crippen molar-refractivity contribution in [2.45, 2.75) is 40.0 Å². The molecule has 1 fully saturated rings. The molecule has 1 aromatic heterocycles. The number of hydrogen-bond donors (Lipinski definition) is 3. The number of likely N-dealkylation sites (tertiary alicyclic amines) is 1. The molecule has 1 saturated heterocycles. The second-order valence-corrected chi connectivity index (χ2v) is 7.80. The minimum absolute atomic E-state index is 0.0284. The van der Waals surface area contributed by atoms with E-state index in [4.69, 9.17) is 0 Å². The lowest BCUT2D eigenvalue weighted by Crippen LogP contribution is -2.25. The van der Waals surface area contributed by atoms with Crippen LogP contribution >= 0.6 is 0 Å². The van der Waals surface area contributed by atoms with E-state index in [2.05, 4.69) is 20.5 Å². The van der Waals surface area contributed by atoms with Crippen molar-refractivity contribution in [3.8, 4) is 0 Å². The van der Waals surface area contributed by atoms with Crippen molar-refractivity contribution >= 4 is 23.6 Å². The van der Waals surface area contributed by atoms with Gasteiger partial charge in [-0.2, -0.15) is 0 Å². The van der Waals surface area contributed by atoms with Crippen molar-refractivity contribution in [1.29, 1.82) is 0 Å². The molecule has 3 rings (SSSR count). The summed E-state index contributed by atoms with van der Waals surface area (Å²) in [5.74, 6) is -0.799. The number of nitrogens with one attached hydrogen (secondary N) is 3. The lowest BCUT2D eigenvalue weighted by molar-refractivity contribution is -0.117. The van der Waals surface area contributed by atoms with Gasteiger partial charge in [0.15, 0.2) is 0 Å². The molecule has 7 heteroatoms. The van der Waals surface area contributed by atoms with E-state index in [1.54, 1.807) is 13.0 Å². The Kier molecular flexibility index (Phi) is 7.05. The summed E-state index contributed by atoms with van der Waals surface area (Å²) < 4.78 is 13.8. The van der Waals surface area contributed by atoms with Gasteiger partial charge in [0.1, 0.15) is 5.83 Å². The largest absolute Gasteiger partial charge is 0.357 e. The van der Waals surface area contributed by atoms with Crippen LogP contribution < -0.4 is 10.6 Å². The Morgan fingerprint density at radius 2 is 1.93 bits per heavy atom. The SMILES string of the molecule is C\C1=C/C=C(F)\C=C\C(=C\c2[nH]c(C)c(NC(=O)CCN3CCCC3)c2C)C(=O)N1. The van der Waals surface area contributed by atoms with E-state index < -0.39 is 5.83 Å². The number of halogens is 1. The quantitative estimate of drug-likeness (QED) is 0.643. The predicted octanol–water partition coefficient (Wildman–Crippen LogP) is 3.88. The number of amides is 2. The number of carbonyl (C=O) groups is 2. The third-order valence-corrected chi connectivity index (χ3v) is 5.38. The Bertz CT molecular complexity index is 947. The standard InChI is InChI=1S/C23H29FN4O2/c1-15-6-8-19(24)9-7-18(23(30)25-15)14-20-16(2)22(17(3)26-20)27-21(29)10-13-28-11-4-5-12-28/h6-9,14,26H,4-5,10-13H2,1-3H3,(H,25,30)(H,27,29)/b9-7+,15-6+,18-14-,19-8+. The Hall–Kier alpha value is -2.93. The topological polar surface area (TPSA) is 77.2 Å². The highest BCUT2D eigenvalue weighted by Crippen LogP contribution is 2.26. The number of anilines is 1. The predicted molar refractivity (Wildman–Crippen MR) is 117 cm³/mol. The molecule has 30 heavy (non-hydrogen) atoms. The van der Waals surface area contributed by atoms with Gasteiger partial charge in [-0.3, -0.25) is 9.59 Å². The Labute approximate surface area is 176 Å². The van der Waals surface area contributed by atoms with Crippen LogP contribution in [-0.4, -0.2) is 41.3 Å². The van der Waals surface area contributed by atoms with Gasteiger partial charge in [0, 0.05) is 35.6 Å². The van der Waals surface area contributed by atoms with Crippen LogP contribution in [-0.2, 0) is 9.59 Å². The molecule has 0 aromatic carbocycles. The Morgan fingerprint density at radius 1 is 1.20 bits per heavy atom. The number of H-pyrrole nitrogens is 1. The summed E-state index contributed by atoms with van der Waals surface area (Å²) in [6.07, 6.45) is 10.0. The van der Waals surface area contributed by atoms with Crippen molar-refractivity contribution in [2.75, 3.05) is 25.0 Å². The second-order valence-electron chi connectivity index (χ2n) is 7.80. The number of aromatic amines is 1. The average Bonchev–Trinajstić information content (AvgIpc) is 3.32. The maximum Gasteiger partial charge on any atom is 0.255 e. The zero-order valence-corrected chi connectivity index (χ0v) is 17.8. The molecule has 2 aliphatic rings. The molecule has 2 amide bonds. The zero-order valence-electron chi connectivity index (χ0n) is 17.8. The van der Waals surface area contributed by atoms with Crippen LogP contribution in [0.5, 0.6) is 0 Å². The van der Waals surface area contributed by atoms with E-state index in [-0.39, 0.29) is 11.8 Å². The summed E-state index contributed by atoms with van der Waals surface area (Å²) in [7, 11) is 0. The van der Waals surface area contributed by atoms with Gasteiger partial charge in [0.2, 0.25) is 5.91 Å². The van der Waals surface area contributed by atoms with Gasteiger partial charge in [0.25, 0.3) is 5.91 Å². The van der Waals surface area contributed by atoms with Gasteiger partial charge in [0.05, 0.1) is 5.69 Å². The van der Waals surface area contributed by atoms with Crippen molar-refractivity contribution in [2.24, 2.45) is 0 Å². The van der Waals surface area contributed by atoms with Crippen molar-refractivity contribution in [3.63, 3.8) is 0 Å². The smallest absolute Gasteiger partial charge is 0.255 e. The van der Waals surface area contributed by atoms with E-state index in [0.717, 1.165) is 36.6 Å². The maximum absolute atomic E-state index is 13.8. The third kappa shape index (κ3) is 5.57. The number of aromatic nitrogens is 1. The van der Waals surface area contributed by atoms with Crippen molar-refractivity contribution in [1.82, 2.24) is 15.2 Å². The van der Waals surface area contributed by atoms with Crippen molar-refractivity contribution < 1.29 is 14.0 Å². The minimum Gasteiger partial charge on any atom is -0.357 e. The van der Waals surface area contributed by atoms with E-state index in [1.165, 1.54) is 37.1 Å². The number of carbonyl (C=O) groups excluding carboxylic acids is 2. The first kappa shape index (κ1) is 21.8.